The van der Waals surface area contributed by atoms with E-state index in [4.69, 9.17) is 9.72 Å². The van der Waals surface area contributed by atoms with E-state index < -0.39 is 41.2 Å². The maximum Gasteiger partial charge on any atom is 0.408 e. The lowest BCUT2D eigenvalue weighted by Crippen LogP contribution is -2.53. The molecule has 2 heterocycles. The number of alkyl carbamates (subject to hydrolysis) is 1. The highest BCUT2D eigenvalue weighted by Gasteiger charge is 2.40. The van der Waals surface area contributed by atoms with Crippen LogP contribution in [0.4, 0.5) is 4.79 Å². The number of aliphatic carboxylic acids is 1. The number of imidazole rings is 1. The highest BCUT2D eigenvalue weighted by atomic mass is 16.6. The second-order valence-electron chi connectivity index (χ2n) is 12.0. The Hall–Kier alpha value is -4.92. The van der Waals surface area contributed by atoms with Gasteiger partial charge in [-0.05, 0) is 50.3 Å². The van der Waals surface area contributed by atoms with E-state index in [1.54, 1.807) is 27.1 Å². The minimum absolute atomic E-state index is 0.0440. The Morgan fingerprint density at radius 1 is 0.909 bits per heavy atom. The summed E-state index contributed by atoms with van der Waals surface area (Å²) in [5.74, 6) is -1.54. The molecule has 2 N–H and O–H groups in total. The standard InChI is InChI=1S/C35H38N4O5/c1-34(2,3)44-33(43)37-29(31(40)39-21-13-20-30(39)32(41)42)22-28-23-38(24-36-28)35(25-14-7-4-8-15-25,26-16-9-5-10-17-26)27-18-11-6-12-19-27/h4-12,14-19,23-24,29-30H,13,20-22H2,1-3H3,(H,37,43)(H,41,42)/t29?,30-/m0/s1. The number of hydrogen-bond donors (Lipinski definition) is 2. The summed E-state index contributed by atoms with van der Waals surface area (Å²) >= 11 is 0. The summed E-state index contributed by atoms with van der Waals surface area (Å²) in [5, 5.41) is 12.4. The Balaban J connectivity index is 1.57. The number of nitrogens with zero attached hydrogens (tertiary/aromatic N) is 3. The number of carboxylic acid groups (broad SMARTS) is 1. The predicted molar refractivity (Wildman–Crippen MR) is 166 cm³/mol. The smallest absolute Gasteiger partial charge is 0.408 e. The Morgan fingerprint density at radius 2 is 1.43 bits per heavy atom. The molecule has 3 aromatic carbocycles. The molecule has 1 fully saturated rings. The lowest BCUT2D eigenvalue weighted by molar-refractivity contribution is -0.149. The molecule has 0 bridgehead atoms. The van der Waals surface area contributed by atoms with Crippen LogP contribution >= 0.6 is 0 Å². The summed E-state index contributed by atoms with van der Waals surface area (Å²) < 4.78 is 7.50. The van der Waals surface area contributed by atoms with Gasteiger partial charge in [0.15, 0.2) is 0 Å². The van der Waals surface area contributed by atoms with Crippen LogP contribution in [0.3, 0.4) is 0 Å². The number of carboxylic acids is 1. The number of carbonyl (C=O) groups is 3. The molecule has 0 radical (unpaired) electrons. The monoisotopic (exact) mass is 594 g/mol. The molecule has 4 aromatic rings. The number of carbonyl (C=O) groups excluding carboxylic acids is 2. The van der Waals surface area contributed by atoms with Gasteiger partial charge in [0.2, 0.25) is 5.91 Å². The summed E-state index contributed by atoms with van der Waals surface area (Å²) in [4.78, 5) is 44.6. The topological polar surface area (TPSA) is 114 Å². The quantitative estimate of drug-likeness (QED) is 0.257. The average Bonchev–Trinajstić information content (AvgIpc) is 3.69. The SMILES string of the molecule is CC(C)(C)OC(=O)NC(Cc1cn(C(c2ccccc2)(c2ccccc2)c2ccccc2)cn1)C(=O)N1CCC[C@H]1C(=O)O. The first-order valence-corrected chi connectivity index (χ1v) is 14.8. The zero-order valence-corrected chi connectivity index (χ0v) is 25.2. The molecule has 0 saturated carbocycles. The first-order valence-electron chi connectivity index (χ1n) is 14.8. The van der Waals surface area contributed by atoms with Crippen molar-refractivity contribution < 1.29 is 24.2 Å². The van der Waals surface area contributed by atoms with Crippen molar-refractivity contribution >= 4 is 18.0 Å². The molecule has 2 amide bonds. The van der Waals surface area contributed by atoms with Crippen LogP contribution in [-0.4, -0.2) is 61.8 Å². The zero-order chi connectivity index (χ0) is 31.3. The fraction of sp³-hybridized carbons (Fsp3) is 0.314. The lowest BCUT2D eigenvalue weighted by atomic mass is 9.77. The fourth-order valence-corrected chi connectivity index (χ4v) is 5.98. The molecule has 2 atom stereocenters. The summed E-state index contributed by atoms with van der Waals surface area (Å²) in [7, 11) is 0. The second kappa shape index (κ2) is 12.8. The van der Waals surface area contributed by atoms with Gasteiger partial charge in [-0.25, -0.2) is 14.6 Å². The normalized spacial score (nSPS) is 15.9. The molecule has 5 rings (SSSR count). The number of amides is 2. The molecule has 1 aliphatic heterocycles. The highest BCUT2D eigenvalue weighted by molar-refractivity contribution is 5.90. The van der Waals surface area contributed by atoms with Crippen LogP contribution in [0, 0.1) is 0 Å². The molecule has 1 unspecified atom stereocenters. The van der Waals surface area contributed by atoms with Crippen molar-refractivity contribution in [3.05, 3.63) is 126 Å². The summed E-state index contributed by atoms with van der Waals surface area (Å²) in [6, 6.07) is 28.4. The first-order chi connectivity index (χ1) is 21.1. The molecule has 0 aliphatic carbocycles. The average molecular weight is 595 g/mol. The maximum absolute atomic E-state index is 13.8. The van der Waals surface area contributed by atoms with Gasteiger partial charge in [-0.2, -0.15) is 0 Å². The summed E-state index contributed by atoms with van der Waals surface area (Å²) in [6.45, 7) is 5.52. The molecule has 228 valence electrons. The van der Waals surface area contributed by atoms with Crippen molar-refractivity contribution in [3.8, 4) is 0 Å². The van der Waals surface area contributed by atoms with E-state index in [1.807, 2.05) is 65.4 Å². The van der Waals surface area contributed by atoms with Crippen LogP contribution < -0.4 is 5.32 Å². The summed E-state index contributed by atoms with van der Waals surface area (Å²) in [5.41, 5.74) is 2.03. The van der Waals surface area contributed by atoms with Gasteiger partial charge >= 0.3 is 12.1 Å². The van der Waals surface area contributed by atoms with E-state index in [2.05, 4.69) is 41.7 Å². The van der Waals surface area contributed by atoms with Crippen molar-refractivity contribution in [2.24, 2.45) is 0 Å². The molecular formula is C35H38N4O5. The van der Waals surface area contributed by atoms with E-state index in [1.165, 1.54) is 4.90 Å². The van der Waals surface area contributed by atoms with Gasteiger partial charge in [-0.1, -0.05) is 91.0 Å². The van der Waals surface area contributed by atoms with Gasteiger partial charge in [-0.3, -0.25) is 4.79 Å². The van der Waals surface area contributed by atoms with Crippen molar-refractivity contribution in [2.45, 2.75) is 63.3 Å². The van der Waals surface area contributed by atoms with Crippen LogP contribution in [-0.2, 0) is 26.3 Å². The summed E-state index contributed by atoms with van der Waals surface area (Å²) in [6.07, 6.45) is 3.86. The largest absolute Gasteiger partial charge is 0.480 e. The number of rotatable bonds is 9. The Morgan fingerprint density at radius 3 is 1.91 bits per heavy atom. The molecule has 0 spiro atoms. The first kappa shape index (κ1) is 30.5. The zero-order valence-electron chi connectivity index (χ0n) is 25.2. The van der Waals surface area contributed by atoms with Crippen LogP contribution in [0.5, 0.6) is 0 Å². The van der Waals surface area contributed by atoms with Crippen molar-refractivity contribution in [1.82, 2.24) is 19.8 Å². The third-order valence-corrected chi connectivity index (χ3v) is 7.82. The van der Waals surface area contributed by atoms with E-state index in [9.17, 15) is 19.5 Å². The third kappa shape index (κ3) is 6.37. The van der Waals surface area contributed by atoms with E-state index in [-0.39, 0.29) is 6.42 Å². The van der Waals surface area contributed by atoms with Crippen molar-refractivity contribution in [2.75, 3.05) is 6.54 Å². The van der Waals surface area contributed by atoms with Gasteiger partial charge in [0.05, 0.1) is 12.0 Å². The van der Waals surface area contributed by atoms with Gasteiger partial charge < -0.3 is 24.6 Å². The van der Waals surface area contributed by atoms with Crippen molar-refractivity contribution in [1.29, 1.82) is 0 Å². The van der Waals surface area contributed by atoms with Gasteiger partial charge in [0.25, 0.3) is 0 Å². The molecule has 1 saturated heterocycles. The van der Waals surface area contributed by atoms with E-state index in [0.29, 0.717) is 25.1 Å². The fourth-order valence-electron chi connectivity index (χ4n) is 5.98. The number of benzene rings is 3. The number of nitrogens with one attached hydrogen (secondary N) is 1. The van der Waals surface area contributed by atoms with Crippen LogP contribution in [0.25, 0.3) is 0 Å². The van der Waals surface area contributed by atoms with Gasteiger partial charge in [-0.15, -0.1) is 0 Å². The molecule has 44 heavy (non-hydrogen) atoms. The van der Waals surface area contributed by atoms with E-state index in [0.717, 1.165) is 16.7 Å². The Kier molecular flexibility index (Phi) is 8.85. The van der Waals surface area contributed by atoms with Gasteiger partial charge in [0, 0.05) is 19.2 Å². The van der Waals surface area contributed by atoms with E-state index >= 15 is 0 Å². The Labute approximate surface area is 257 Å². The maximum atomic E-state index is 13.8. The van der Waals surface area contributed by atoms with Crippen LogP contribution in [0.2, 0.25) is 0 Å². The third-order valence-electron chi connectivity index (χ3n) is 7.82. The minimum Gasteiger partial charge on any atom is -0.480 e. The number of likely N-dealkylation sites (tertiary alicyclic amines) is 1. The van der Waals surface area contributed by atoms with Crippen LogP contribution in [0.1, 0.15) is 56.0 Å². The van der Waals surface area contributed by atoms with Crippen molar-refractivity contribution in [3.63, 3.8) is 0 Å². The molecule has 9 heteroatoms. The molecule has 1 aliphatic rings. The number of ether oxygens (including phenoxy) is 1. The molecule has 9 nitrogen and oxygen atoms in total. The Bertz CT molecular complexity index is 1480. The number of hydrogen-bond acceptors (Lipinski definition) is 5. The molecular weight excluding hydrogens is 556 g/mol. The number of aromatic nitrogens is 2. The van der Waals surface area contributed by atoms with Gasteiger partial charge in [0.1, 0.15) is 23.2 Å². The second-order valence-corrected chi connectivity index (χ2v) is 12.0. The minimum atomic E-state index is -1.08. The van der Waals surface area contributed by atoms with Crippen LogP contribution in [0.15, 0.2) is 104 Å². The lowest BCUT2D eigenvalue weighted by Gasteiger charge is -2.37. The highest BCUT2D eigenvalue weighted by Crippen LogP contribution is 2.40. The molecule has 1 aromatic heterocycles. The predicted octanol–water partition coefficient (Wildman–Crippen LogP) is 5.23.